The van der Waals surface area contributed by atoms with Gasteiger partial charge in [0.2, 0.25) is 0 Å². The number of pyridine rings is 1. The van der Waals surface area contributed by atoms with Gasteiger partial charge in [-0.2, -0.15) is 5.10 Å². The lowest BCUT2D eigenvalue weighted by atomic mass is 10.0. The van der Waals surface area contributed by atoms with Crippen LogP contribution in [0.5, 0.6) is 0 Å². The van der Waals surface area contributed by atoms with Gasteiger partial charge in [-0.15, -0.1) is 11.3 Å². The number of aromatic amines is 1. The van der Waals surface area contributed by atoms with Crippen LogP contribution >= 0.6 is 11.3 Å². The number of methoxy groups -OCH3 is 1. The minimum atomic E-state index is -0.268. The van der Waals surface area contributed by atoms with E-state index in [1.165, 1.54) is 7.11 Å². The van der Waals surface area contributed by atoms with Crippen LogP contribution in [0.2, 0.25) is 0 Å². The monoisotopic (exact) mass is 323 g/mol. The van der Waals surface area contributed by atoms with Gasteiger partial charge in [-0.25, -0.2) is 4.98 Å². The summed E-state index contributed by atoms with van der Waals surface area (Å²) in [6, 6.07) is 9.89. The van der Waals surface area contributed by atoms with Crippen LogP contribution in [0.15, 0.2) is 41.9 Å². The molecule has 3 aromatic heterocycles. The summed E-state index contributed by atoms with van der Waals surface area (Å²) in [6.45, 7) is 0. The smallest absolute Gasteiger partial charge is 0.310 e. The van der Waals surface area contributed by atoms with Gasteiger partial charge < -0.3 is 4.74 Å². The third-order valence-electron chi connectivity index (χ3n) is 3.81. The van der Waals surface area contributed by atoms with Crippen LogP contribution in [0.4, 0.5) is 0 Å². The van der Waals surface area contributed by atoms with Crippen molar-refractivity contribution >= 4 is 39.1 Å². The van der Waals surface area contributed by atoms with E-state index in [2.05, 4.69) is 10.2 Å². The first kappa shape index (κ1) is 13.9. The van der Waals surface area contributed by atoms with E-state index in [4.69, 9.17) is 9.72 Å². The number of carbonyl (C=O) groups is 1. The summed E-state index contributed by atoms with van der Waals surface area (Å²) in [6.07, 6.45) is 1.98. The van der Waals surface area contributed by atoms with E-state index in [-0.39, 0.29) is 12.4 Å². The van der Waals surface area contributed by atoms with E-state index >= 15 is 0 Å². The molecule has 1 aromatic carbocycles. The van der Waals surface area contributed by atoms with Crippen molar-refractivity contribution < 1.29 is 9.53 Å². The Labute approximate surface area is 135 Å². The number of hydrogen-bond acceptors (Lipinski definition) is 5. The first-order chi connectivity index (χ1) is 11.3. The normalized spacial score (nSPS) is 11.2. The molecule has 0 fully saturated rings. The lowest BCUT2D eigenvalue weighted by Crippen LogP contribution is -2.05. The van der Waals surface area contributed by atoms with Crippen molar-refractivity contribution in [1.29, 1.82) is 0 Å². The summed E-state index contributed by atoms with van der Waals surface area (Å²) < 4.78 is 4.85. The maximum atomic E-state index is 11.8. The Balaban J connectivity index is 2.02. The second-order valence-corrected chi connectivity index (χ2v) is 6.14. The number of H-pyrrole nitrogens is 1. The summed E-state index contributed by atoms with van der Waals surface area (Å²) in [5, 5.41) is 11.0. The zero-order valence-corrected chi connectivity index (χ0v) is 13.2. The fraction of sp³-hybridized carbons (Fsp3) is 0.118. The van der Waals surface area contributed by atoms with Crippen molar-refractivity contribution in [3.63, 3.8) is 0 Å². The molecular weight excluding hydrogens is 310 g/mol. The van der Waals surface area contributed by atoms with Gasteiger partial charge in [-0.05, 0) is 35.2 Å². The largest absolute Gasteiger partial charge is 0.469 e. The fourth-order valence-corrected chi connectivity index (χ4v) is 3.44. The molecule has 0 spiro atoms. The van der Waals surface area contributed by atoms with Crippen LogP contribution in [0.3, 0.4) is 0 Å². The van der Waals surface area contributed by atoms with Gasteiger partial charge in [0.15, 0.2) is 0 Å². The van der Waals surface area contributed by atoms with Crippen molar-refractivity contribution in [2.45, 2.75) is 6.42 Å². The van der Waals surface area contributed by atoms with E-state index < -0.39 is 0 Å². The highest BCUT2D eigenvalue weighted by Gasteiger charge is 2.15. The molecule has 0 unspecified atom stereocenters. The van der Waals surface area contributed by atoms with Gasteiger partial charge in [-0.1, -0.05) is 6.07 Å². The molecule has 114 valence electrons. The van der Waals surface area contributed by atoms with Gasteiger partial charge in [0.1, 0.15) is 0 Å². The number of aromatic nitrogens is 3. The van der Waals surface area contributed by atoms with Gasteiger partial charge in [0, 0.05) is 10.8 Å². The Hall–Kier alpha value is -2.73. The quantitative estimate of drug-likeness (QED) is 0.585. The molecule has 0 aliphatic carbocycles. The second-order valence-electron chi connectivity index (χ2n) is 5.19. The maximum absolute atomic E-state index is 11.8. The number of thiophene rings is 1. The molecule has 1 N–H and O–H groups in total. The molecule has 4 rings (SSSR count). The molecule has 0 aliphatic rings. The van der Waals surface area contributed by atoms with Crippen molar-refractivity contribution in [2.24, 2.45) is 0 Å². The molecule has 6 heteroatoms. The summed E-state index contributed by atoms with van der Waals surface area (Å²) in [5.41, 5.74) is 3.55. The number of nitrogens with one attached hydrogen (secondary N) is 1. The predicted octanol–water partition coefficient (Wildman–Crippen LogP) is 3.56. The van der Waals surface area contributed by atoms with E-state index in [0.29, 0.717) is 0 Å². The van der Waals surface area contributed by atoms with E-state index in [9.17, 15) is 4.79 Å². The molecule has 0 atom stereocenters. The standard InChI is InChI=1S/C17H13N3O2S/c1-22-16(21)8-10-7-14(15-3-2-6-23-15)19-13-5-4-12-11(17(10)13)9-18-20-12/h2-7,9H,8H2,1H3,(H,18,20). The van der Waals surface area contributed by atoms with Gasteiger partial charge in [0.05, 0.1) is 41.3 Å². The Kier molecular flexibility index (Phi) is 3.31. The molecule has 0 bridgehead atoms. The topological polar surface area (TPSA) is 67.9 Å². The Morgan fingerprint density at radius 2 is 2.26 bits per heavy atom. The number of esters is 1. The summed E-state index contributed by atoms with van der Waals surface area (Å²) in [4.78, 5) is 17.7. The molecule has 4 aromatic rings. The van der Waals surface area contributed by atoms with Crippen LogP contribution in [-0.2, 0) is 16.0 Å². The average Bonchev–Trinajstić information content (AvgIpc) is 3.25. The van der Waals surface area contributed by atoms with E-state index in [0.717, 1.165) is 37.9 Å². The lowest BCUT2D eigenvalue weighted by molar-refractivity contribution is -0.139. The molecule has 0 saturated carbocycles. The second kappa shape index (κ2) is 5.48. The molecular formula is C17H13N3O2S. The minimum Gasteiger partial charge on any atom is -0.469 e. The number of nitrogens with zero attached hydrogens (tertiary/aromatic N) is 2. The maximum Gasteiger partial charge on any atom is 0.310 e. The van der Waals surface area contributed by atoms with E-state index in [1.54, 1.807) is 17.5 Å². The molecule has 0 saturated heterocycles. The Morgan fingerprint density at radius 1 is 1.35 bits per heavy atom. The zero-order valence-electron chi connectivity index (χ0n) is 12.4. The van der Waals surface area contributed by atoms with Crippen molar-refractivity contribution in [3.05, 3.63) is 47.5 Å². The Morgan fingerprint density at radius 3 is 3.04 bits per heavy atom. The van der Waals surface area contributed by atoms with Crippen LogP contribution in [0.25, 0.3) is 32.4 Å². The molecule has 3 heterocycles. The van der Waals surface area contributed by atoms with Gasteiger partial charge in [-0.3, -0.25) is 9.89 Å². The van der Waals surface area contributed by atoms with E-state index in [1.807, 2.05) is 35.7 Å². The van der Waals surface area contributed by atoms with Gasteiger partial charge >= 0.3 is 5.97 Å². The summed E-state index contributed by atoms with van der Waals surface area (Å²) in [7, 11) is 1.40. The van der Waals surface area contributed by atoms with Crippen LogP contribution in [-0.4, -0.2) is 28.3 Å². The third kappa shape index (κ3) is 2.37. The molecule has 0 amide bonds. The number of fused-ring (bicyclic) bond motifs is 3. The zero-order chi connectivity index (χ0) is 15.8. The first-order valence-electron chi connectivity index (χ1n) is 7.12. The molecule has 5 nitrogen and oxygen atoms in total. The van der Waals surface area contributed by atoms with Crippen LogP contribution in [0, 0.1) is 0 Å². The minimum absolute atomic E-state index is 0.207. The number of carbonyl (C=O) groups excluding carboxylic acids is 1. The summed E-state index contributed by atoms with van der Waals surface area (Å²) >= 11 is 1.63. The SMILES string of the molecule is COC(=O)Cc1cc(-c2cccs2)nc2ccc3[nH]ncc3c12. The number of hydrogen-bond donors (Lipinski definition) is 1. The molecule has 0 aliphatic heterocycles. The summed E-state index contributed by atoms with van der Waals surface area (Å²) in [5.74, 6) is -0.268. The number of benzene rings is 1. The lowest BCUT2D eigenvalue weighted by Gasteiger charge is -2.09. The van der Waals surface area contributed by atoms with Gasteiger partial charge in [0.25, 0.3) is 0 Å². The third-order valence-corrected chi connectivity index (χ3v) is 4.70. The average molecular weight is 323 g/mol. The van der Waals surface area contributed by atoms with Crippen LogP contribution in [0.1, 0.15) is 5.56 Å². The van der Waals surface area contributed by atoms with Crippen molar-refractivity contribution in [3.8, 4) is 10.6 Å². The van der Waals surface area contributed by atoms with Crippen molar-refractivity contribution in [1.82, 2.24) is 15.2 Å². The van der Waals surface area contributed by atoms with Crippen LogP contribution < -0.4 is 0 Å². The highest BCUT2D eigenvalue weighted by atomic mass is 32.1. The van der Waals surface area contributed by atoms with Crippen molar-refractivity contribution in [2.75, 3.05) is 7.11 Å². The fourth-order valence-electron chi connectivity index (χ4n) is 2.75. The number of ether oxygens (including phenoxy) is 1. The molecule has 23 heavy (non-hydrogen) atoms. The number of rotatable bonds is 3. The molecule has 0 radical (unpaired) electrons. The first-order valence-corrected chi connectivity index (χ1v) is 8.00. The Bertz CT molecular complexity index is 1010. The highest BCUT2D eigenvalue weighted by molar-refractivity contribution is 7.13. The highest BCUT2D eigenvalue weighted by Crippen LogP contribution is 2.31. The predicted molar refractivity (Wildman–Crippen MR) is 90.4 cm³/mol.